The van der Waals surface area contributed by atoms with Crippen LogP contribution in [0.15, 0.2) is 29.2 Å². The van der Waals surface area contributed by atoms with Gasteiger partial charge in [-0.2, -0.15) is 0 Å². The maximum atomic E-state index is 11.9. The van der Waals surface area contributed by atoms with Gasteiger partial charge in [-0.05, 0) is 43.8 Å². The third kappa shape index (κ3) is 4.81. The Hall–Kier alpha value is -1.11. The number of sulfonamides is 1. The molecule has 0 saturated heterocycles. The molecule has 108 valence electrons. The van der Waals surface area contributed by atoms with Crippen molar-refractivity contribution in [1.82, 2.24) is 9.62 Å². The molecule has 0 aromatic heterocycles. The van der Waals surface area contributed by atoms with Gasteiger partial charge in [-0.3, -0.25) is 0 Å². The lowest BCUT2D eigenvalue weighted by atomic mass is 10.3. The van der Waals surface area contributed by atoms with Crippen molar-refractivity contribution in [3.8, 4) is 5.75 Å². The minimum atomic E-state index is -3.36. The van der Waals surface area contributed by atoms with Crippen molar-refractivity contribution >= 4 is 10.0 Å². The van der Waals surface area contributed by atoms with E-state index in [4.69, 9.17) is 4.74 Å². The Morgan fingerprint density at radius 2 is 1.84 bits per heavy atom. The molecule has 19 heavy (non-hydrogen) atoms. The maximum absolute atomic E-state index is 11.9. The molecule has 0 aliphatic rings. The van der Waals surface area contributed by atoms with Crippen LogP contribution in [-0.4, -0.2) is 46.5 Å². The first-order valence-corrected chi connectivity index (χ1v) is 7.78. The molecule has 0 radical (unpaired) electrons. The summed E-state index contributed by atoms with van der Waals surface area (Å²) in [5, 5.41) is 3.21. The molecule has 0 aliphatic carbocycles. The molecule has 6 heteroatoms. The minimum Gasteiger partial charge on any atom is -0.494 e. The smallest absolute Gasteiger partial charge is 0.242 e. The standard InChI is InChI=1S/C13H22N2O3S/c1-4-14-10-5-11-18-12-6-8-13(9-7-12)19(16,17)15(2)3/h6-9,14H,4-5,10-11H2,1-3H3. The number of nitrogens with zero attached hydrogens (tertiary/aromatic N) is 1. The van der Waals surface area contributed by atoms with E-state index in [1.165, 1.54) is 18.4 Å². The van der Waals surface area contributed by atoms with E-state index in [2.05, 4.69) is 12.2 Å². The second-order valence-corrected chi connectivity index (χ2v) is 6.47. The van der Waals surface area contributed by atoms with Gasteiger partial charge in [0.25, 0.3) is 0 Å². The quantitative estimate of drug-likeness (QED) is 0.732. The van der Waals surface area contributed by atoms with Crippen molar-refractivity contribution in [2.24, 2.45) is 0 Å². The molecule has 1 aromatic rings. The SMILES string of the molecule is CCNCCCOc1ccc(S(=O)(=O)N(C)C)cc1. The van der Waals surface area contributed by atoms with Crippen LogP contribution < -0.4 is 10.1 Å². The van der Waals surface area contributed by atoms with E-state index >= 15 is 0 Å². The van der Waals surface area contributed by atoms with Crippen molar-refractivity contribution in [3.05, 3.63) is 24.3 Å². The summed E-state index contributed by atoms with van der Waals surface area (Å²) in [5.74, 6) is 0.689. The van der Waals surface area contributed by atoms with Crippen molar-refractivity contribution in [1.29, 1.82) is 0 Å². The highest BCUT2D eigenvalue weighted by atomic mass is 32.2. The normalized spacial score (nSPS) is 11.8. The van der Waals surface area contributed by atoms with Gasteiger partial charge >= 0.3 is 0 Å². The molecule has 0 aliphatic heterocycles. The number of ether oxygens (including phenoxy) is 1. The lowest BCUT2D eigenvalue weighted by Crippen LogP contribution is -2.22. The summed E-state index contributed by atoms with van der Waals surface area (Å²) in [6.45, 7) is 4.55. The molecule has 0 saturated carbocycles. The van der Waals surface area contributed by atoms with Crippen molar-refractivity contribution in [3.63, 3.8) is 0 Å². The zero-order valence-corrected chi connectivity index (χ0v) is 12.5. The molecule has 0 fully saturated rings. The fraction of sp³-hybridized carbons (Fsp3) is 0.538. The van der Waals surface area contributed by atoms with Crippen LogP contribution in [0.5, 0.6) is 5.75 Å². The monoisotopic (exact) mass is 286 g/mol. The van der Waals surface area contributed by atoms with Crippen LogP contribution >= 0.6 is 0 Å². The van der Waals surface area contributed by atoms with Gasteiger partial charge in [-0.1, -0.05) is 6.92 Å². The predicted octanol–water partition coefficient (Wildman–Crippen LogP) is 1.32. The first-order valence-electron chi connectivity index (χ1n) is 6.34. The van der Waals surface area contributed by atoms with Crippen LogP contribution in [0, 0.1) is 0 Å². The summed E-state index contributed by atoms with van der Waals surface area (Å²) in [6.07, 6.45) is 0.922. The van der Waals surface area contributed by atoms with Crippen molar-refractivity contribution in [2.45, 2.75) is 18.2 Å². The summed E-state index contributed by atoms with van der Waals surface area (Å²) in [7, 11) is -0.330. The van der Waals surface area contributed by atoms with Crippen molar-refractivity contribution in [2.75, 3.05) is 33.8 Å². The number of hydrogen-bond donors (Lipinski definition) is 1. The molecule has 0 unspecified atom stereocenters. The van der Waals surface area contributed by atoms with Crippen LogP contribution in [0.3, 0.4) is 0 Å². The summed E-state index contributed by atoms with van der Waals surface area (Å²) in [5.41, 5.74) is 0. The Balaban J connectivity index is 2.53. The molecule has 0 bridgehead atoms. The van der Waals surface area contributed by atoms with Gasteiger partial charge in [0.2, 0.25) is 10.0 Å². The minimum absolute atomic E-state index is 0.275. The fourth-order valence-electron chi connectivity index (χ4n) is 1.48. The van der Waals surface area contributed by atoms with Gasteiger partial charge in [0.1, 0.15) is 5.75 Å². The molecular formula is C13H22N2O3S. The predicted molar refractivity (Wildman–Crippen MR) is 76.0 cm³/mol. The zero-order valence-electron chi connectivity index (χ0n) is 11.7. The van der Waals surface area contributed by atoms with Crippen molar-refractivity contribution < 1.29 is 13.2 Å². The van der Waals surface area contributed by atoms with Crippen LogP contribution in [-0.2, 0) is 10.0 Å². The Bertz CT molecular complexity index is 469. The average Bonchev–Trinajstić information content (AvgIpc) is 2.39. The number of nitrogens with one attached hydrogen (secondary N) is 1. The number of rotatable bonds is 8. The molecule has 1 aromatic carbocycles. The molecule has 1 rings (SSSR count). The molecule has 5 nitrogen and oxygen atoms in total. The van der Waals surface area contributed by atoms with Gasteiger partial charge in [0.15, 0.2) is 0 Å². The topological polar surface area (TPSA) is 58.6 Å². The van der Waals surface area contributed by atoms with Crippen LogP contribution in [0.25, 0.3) is 0 Å². The Kier molecular flexibility index (Phi) is 6.27. The van der Waals surface area contributed by atoms with E-state index in [1.807, 2.05) is 0 Å². The summed E-state index contributed by atoms with van der Waals surface area (Å²) >= 11 is 0. The molecule has 1 N–H and O–H groups in total. The maximum Gasteiger partial charge on any atom is 0.242 e. The third-order valence-electron chi connectivity index (χ3n) is 2.62. The van der Waals surface area contributed by atoms with E-state index in [-0.39, 0.29) is 4.90 Å². The van der Waals surface area contributed by atoms with Crippen LogP contribution in [0.1, 0.15) is 13.3 Å². The second kappa shape index (κ2) is 7.47. The zero-order chi connectivity index (χ0) is 14.3. The third-order valence-corrected chi connectivity index (χ3v) is 4.45. The van der Waals surface area contributed by atoms with Gasteiger partial charge in [-0.25, -0.2) is 12.7 Å². The lowest BCUT2D eigenvalue weighted by Gasteiger charge is -2.12. The molecular weight excluding hydrogens is 264 g/mol. The molecule has 0 spiro atoms. The van der Waals surface area contributed by atoms with Gasteiger partial charge in [-0.15, -0.1) is 0 Å². The molecule has 0 atom stereocenters. The first-order chi connectivity index (χ1) is 8.98. The van der Waals surface area contributed by atoms with E-state index in [0.717, 1.165) is 19.5 Å². The number of benzene rings is 1. The van der Waals surface area contributed by atoms with Crippen LogP contribution in [0.4, 0.5) is 0 Å². The van der Waals surface area contributed by atoms with E-state index in [9.17, 15) is 8.42 Å². The Labute approximate surface area is 115 Å². The van der Waals surface area contributed by atoms with E-state index in [1.54, 1.807) is 24.3 Å². The highest BCUT2D eigenvalue weighted by Gasteiger charge is 2.16. The van der Waals surface area contributed by atoms with Gasteiger partial charge in [0.05, 0.1) is 11.5 Å². The highest BCUT2D eigenvalue weighted by Crippen LogP contribution is 2.18. The molecule has 0 amide bonds. The lowest BCUT2D eigenvalue weighted by molar-refractivity contribution is 0.308. The van der Waals surface area contributed by atoms with Gasteiger partial charge < -0.3 is 10.1 Å². The average molecular weight is 286 g/mol. The highest BCUT2D eigenvalue weighted by molar-refractivity contribution is 7.89. The Morgan fingerprint density at radius 3 is 2.37 bits per heavy atom. The van der Waals surface area contributed by atoms with E-state index in [0.29, 0.717) is 12.4 Å². The summed E-state index contributed by atoms with van der Waals surface area (Å²) < 4.78 is 30.4. The summed E-state index contributed by atoms with van der Waals surface area (Å²) in [6, 6.07) is 6.50. The van der Waals surface area contributed by atoms with Gasteiger partial charge in [0, 0.05) is 14.1 Å². The number of hydrogen-bond acceptors (Lipinski definition) is 4. The van der Waals surface area contributed by atoms with E-state index < -0.39 is 10.0 Å². The largest absolute Gasteiger partial charge is 0.494 e. The molecule has 0 heterocycles. The Morgan fingerprint density at radius 1 is 1.21 bits per heavy atom. The fourth-order valence-corrected chi connectivity index (χ4v) is 2.38. The summed E-state index contributed by atoms with van der Waals surface area (Å²) in [4.78, 5) is 0.275. The first kappa shape index (κ1) is 15.9. The van der Waals surface area contributed by atoms with Crippen LogP contribution in [0.2, 0.25) is 0 Å². The second-order valence-electron chi connectivity index (χ2n) is 4.31.